The summed E-state index contributed by atoms with van der Waals surface area (Å²) in [6.45, 7) is 4.96. The van der Waals surface area contributed by atoms with Crippen molar-refractivity contribution < 1.29 is 19.1 Å². The lowest BCUT2D eigenvalue weighted by Gasteiger charge is -2.35. The Bertz CT molecular complexity index is 855. The first-order valence-electron chi connectivity index (χ1n) is 9.02. The smallest absolute Gasteiger partial charge is 0.340 e. The largest absolute Gasteiger partial charge is 0.465 e. The highest BCUT2D eigenvalue weighted by atomic mass is 32.1. The van der Waals surface area contributed by atoms with Gasteiger partial charge < -0.3 is 15.0 Å². The van der Waals surface area contributed by atoms with Gasteiger partial charge in [0.15, 0.2) is 5.78 Å². The van der Waals surface area contributed by atoms with Gasteiger partial charge in [-0.1, -0.05) is 0 Å². The third kappa shape index (κ3) is 4.76. The molecule has 1 aliphatic rings. The summed E-state index contributed by atoms with van der Waals surface area (Å²) in [6.07, 6.45) is 0. The van der Waals surface area contributed by atoms with Crippen LogP contribution in [0.3, 0.4) is 0 Å². The molecule has 1 saturated heterocycles. The van der Waals surface area contributed by atoms with Crippen molar-refractivity contribution in [2.45, 2.75) is 6.92 Å². The standard InChI is InChI=1S/C20H23N3O4S/c1-14(24)15-3-5-16(6-4-15)23-10-8-22(9-11-23)13-18(25)21-19-17(7-12-28-19)20(26)27-2/h3-7,12H,8-11,13H2,1-2H3,(H,21,25). The van der Waals surface area contributed by atoms with E-state index in [1.165, 1.54) is 18.4 Å². The van der Waals surface area contributed by atoms with Crippen molar-refractivity contribution in [3.63, 3.8) is 0 Å². The zero-order chi connectivity index (χ0) is 20.1. The Balaban J connectivity index is 1.50. The van der Waals surface area contributed by atoms with Crippen LogP contribution in [0.5, 0.6) is 0 Å². The van der Waals surface area contributed by atoms with E-state index < -0.39 is 5.97 Å². The molecule has 8 heteroatoms. The van der Waals surface area contributed by atoms with Crippen LogP contribution in [0.15, 0.2) is 35.7 Å². The Kier molecular flexibility index (Phi) is 6.43. The van der Waals surface area contributed by atoms with E-state index in [1.807, 2.05) is 24.3 Å². The zero-order valence-electron chi connectivity index (χ0n) is 15.9. The van der Waals surface area contributed by atoms with E-state index in [4.69, 9.17) is 4.74 Å². The van der Waals surface area contributed by atoms with Gasteiger partial charge in [-0.15, -0.1) is 11.3 Å². The van der Waals surface area contributed by atoms with Crippen LogP contribution in [-0.2, 0) is 9.53 Å². The topological polar surface area (TPSA) is 79.0 Å². The van der Waals surface area contributed by atoms with E-state index in [9.17, 15) is 14.4 Å². The number of rotatable bonds is 6. The highest BCUT2D eigenvalue weighted by Gasteiger charge is 2.21. The molecule has 1 aromatic carbocycles. The van der Waals surface area contributed by atoms with Crippen LogP contribution in [0.4, 0.5) is 10.7 Å². The van der Waals surface area contributed by atoms with Crippen LogP contribution >= 0.6 is 11.3 Å². The molecule has 1 aromatic heterocycles. The number of Topliss-reactive ketones (excluding diaryl/α,β-unsaturated/α-hetero) is 1. The Hall–Kier alpha value is -2.71. The van der Waals surface area contributed by atoms with Gasteiger partial charge in [-0.3, -0.25) is 14.5 Å². The fraction of sp³-hybridized carbons (Fsp3) is 0.350. The molecule has 0 spiro atoms. The van der Waals surface area contributed by atoms with Crippen LogP contribution in [0.1, 0.15) is 27.6 Å². The molecule has 2 aromatic rings. The summed E-state index contributed by atoms with van der Waals surface area (Å²) in [7, 11) is 1.32. The fourth-order valence-corrected chi connectivity index (χ4v) is 3.91. The molecule has 2 heterocycles. The van der Waals surface area contributed by atoms with Crippen molar-refractivity contribution in [3.05, 3.63) is 46.8 Å². The van der Waals surface area contributed by atoms with E-state index in [-0.39, 0.29) is 18.2 Å². The number of hydrogen-bond acceptors (Lipinski definition) is 7. The Morgan fingerprint density at radius 3 is 2.36 bits per heavy atom. The van der Waals surface area contributed by atoms with Gasteiger partial charge in [-0.25, -0.2) is 4.79 Å². The minimum atomic E-state index is -0.457. The molecule has 28 heavy (non-hydrogen) atoms. The van der Waals surface area contributed by atoms with Crippen LogP contribution in [0.2, 0.25) is 0 Å². The maximum absolute atomic E-state index is 12.4. The summed E-state index contributed by atoms with van der Waals surface area (Å²) < 4.78 is 4.72. The van der Waals surface area contributed by atoms with Crippen LogP contribution < -0.4 is 10.2 Å². The Labute approximate surface area is 167 Å². The molecule has 1 aliphatic heterocycles. The number of piperazine rings is 1. The van der Waals surface area contributed by atoms with Gasteiger partial charge in [0.1, 0.15) is 5.00 Å². The molecule has 0 unspecified atom stereocenters. The van der Waals surface area contributed by atoms with Gasteiger partial charge in [0.2, 0.25) is 5.91 Å². The quantitative estimate of drug-likeness (QED) is 0.592. The number of carbonyl (C=O) groups excluding carboxylic acids is 3. The molecule has 0 atom stereocenters. The van der Waals surface area contributed by atoms with Crippen molar-refractivity contribution in [1.82, 2.24) is 4.90 Å². The summed E-state index contributed by atoms with van der Waals surface area (Å²) in [5.41, 5.74) is 2.16. The number of thiophene rings is 1. The molecule has 0 radical (unpaired) electrons. The minimum Gasteiger partial charge on any atom is -0.465 e. The first-order valence-corrected chi connectivity index (χ1v) is 9.90. The van der Waals surface area contributed by atoms with Gasteiger partial charge in [0.25, 0.3) is 0 Å². The number of nitrogens with zero attached hydrogens (tertiary/aromatic N) is 2. The van der Waals surface area contributed by atoms with Crippen LogP contribution in [-0.4, -0.2) is 62.4 Å². The second-order valence-electron chi connectivity index (χ2n) is 6.57. The van der Waals surface area contributed by atoms with E-state index in [0.717, 1.165) is 31.9 Å². The van der Waals surface area contributed by atoms with Gasteiger partial charge in [0, 0.05) is 37.4 Å². The number of amides is 1. The lowest BCUT2D eigenvalue weighted by molar-refractivity contribution is -0.117. The van der Waals surface area contributed by atoms with Crippen molar-refractivity contribution >= 4 is 39.7 Å². The van der Waals surface area contributed by atoms with E-state index in [1.54, 1.807) is 18.4 Å². The van der Waals surface area contributed by atoms with Crippen molar-refractivity contribution in [2.75, 3.05) is 50.1 Å². The number of esters is 1. The number of anilines is 2. The highest BCUT2D eigenvalue weighted by molar-refractivity contribution is 7.14. The Morgan fingerprint density at radius 2 is 1.75 bits per heavy atom. The SMILES string of the molecule is COC(=O)c1ccsc1NC(=O)CN1CCN(c2ccc(C(C)=O)cc2)CC1. The minimum absolute atomic E-state index is 0.0588. The number of methoxy groups -OCH3 is 1. The van der Waals surface area contributed by atoms with Gasteiger partial charge in [-0.2, -0.15) is 0 Å². The summed E-state index contributed by atoms with van der Waals surface area (Å²) in [6, 6.07) is 9.26. The van der Waals surface area contributed by atoms with Crippen molar-refractivity contribution in [3.8, 4) is 0 Å². The summed E-state index contributed by atoms with van der Waals surface area (Å²) in [4.78, 5) is 39.8. The van der Waals surface area contributed by atoms with Gasteiger partial charge in [0.05, 0.1) is 19.2 Å². The molecule has 0 bridgehead atoms. The molecular weight excluding hydrogens is 378 g/mol. The predicted molar refractivity (Wildman–Crippen MR) is 109 cm³/mol. The number of hydrogen-bond donors (Lipinski definition) is 1. The Morgan fingerprint density at radius 1 is 1.07 bits per heavy atom. The predicted octanol–water partition coefficient (Wildman–Crippen LogP) is 2.50. The van der Waals surface area contributed by atoms with Gasteiger partial charge in [-0.05, 0) is 42.6 Å². The van der Waals surface area contributed by atoms with E-state index in [0.29, 0.717) is 16.1 Å². The summed E-state index contributed by atoms with van der Waals surface area (Å²) >= 11 is 1.30. The first kappa shape index (κ1) is 20.0. The summed E-state index contributed by atoms with van der Waals surface area (Å²) in [5.74, 6) is -0.545. The molecule has 148 valence electrons. The van der Waals surface area contributed by atoms with Crippen LogP contribution in [0.25, 0.3) is 0 Å². The lowest BCUT2D eigenvalue weighted by atomic mass is 10.1. The lowest BCUT2D eigenvalue weighted by Crippen LogP contribution is -2.48. The third-order valence-electron chi connectivity index (χ3n) is 4.70. The molecule has 1 N–H and O–H groups in total. The number of ketones is 1. The first-order chi connectivity index (χ1) is 13.5. The maximum atomic E-state index is 12.4. The second-order valence-corrected chi connectivity index (χ2v) is 7.49. The maximum Gasteiger partial charge on any atom is 0.340 e. The monoisotopic (exact) mass is 401 g/mol. The van der Waals surface area contributed by atoms with Crippen molar-refractivity contribution in [1.29, 1.82) is 0 Å². The third-order valence-corrected chi connectivity index (χ3v) is 5.53. The molecule has 3 rings (SSSR count). The second kappa shape index (κ2) is 8.99. The normalized spacial score (nSPS) is 14.6. The molecular formula is C20H23N3O4S. The van der Waals surface area contributed by atoms with E-state index >= 15 is 0 Å². The van der Waals surface area contributed by atoms with Crippen molar-refractivity contribution in [2.24, 2.45) is 0 Å². The number of carbonyl (C=O) groups is 3. The average molecular weight is 401 g/mol. The molecule has 7 nitrogen and oxygen atoms in total. The highest BCUT2D eigenvalue weighted by Crippen LogP contribution is 2.24. The number of benzene rings is 1. The van der Waals surface area contributed by atoms with Gasteiger partial charge >= 0.3 is 5.97 Å². The molecule has 0 saturated carbocycles. The number of nitrogens with one attached hydrogen (secondary N) is 1. The fourth-order valence-electron chi connectivity index (χ4n) is 3.12. The molecule has 1 fully saturated rings. The van der Waals surface area contributed by atoms with E-state index in [2.05, 4.69) is 15.1 Å². The molecule has 1 amide bonds. The summed E-state index contributed by atoms with van der Waals surface area (Å²) in [5, 5.41) is 5.07. The average Bonchev–Trinajstić information content (AvgIpc) is 3.16. The molecule has 0 aliphatic carbocycles. The zero-order valence-corrected chi connectivity index (χ0v) is 16.8. The van der Waals surface area contributed by atoms with Crippen LogP contribution in [0, 0.1) is 0 Å². The number of ether oxygens (including phenoxy) is 1.